The van der Waals surface area contributed by atoms with Crippen molar-refractivity contribution in [2.24, 2.45) is 0 Å². The number of aliphatic hydroxyl groups is 3. The van der Waals surface area contributed by atoms with E-state index in [1.807, 2.05) is 0 Å². The average molecular weight is 382 g/mol. The number of aromatic nitrogens is 4. The van der Waals surface area contributed by atoms with Gasteiger partial charge in [0.1, 0.15) is 30.4 Å². The van der Waals surface area contributed by atoms with Gasteiger partial charge in [-0.15, -0.1) is 0 Å². The Morgan fingerprint density at radius 2 is 2.04 bits per heavy atom. The fourth-order valence-electron chi connectivity index (χ4n) is 2.89. The molecule has 1 fully saturated rings. The van der Waals surface area contributed by atoms with E-state index in [1.54, 1.807) is 12.1 Å². The first-order valence-corrected chi connectivity index (χ1v) is 8.24. The molecule has 4 rings (SSSR count). The summed E-state index contributed by atoms with van der Waals surface area (Å²) in [6.45, 7) is -0.0611. The first-order chi connectivity index (χ1) is 12.6. The van der Waals surface area contributed by atoms with E-state index in [0.717, 1.165) is 0 Å². The standard InChI is InChI=1S/C15H16ClN5O5/c16-9-2-1-7(25-9)3-17-13-10-14(19-5-18-13)21(6-20-10)15-12(24)11(23)8(4-22)26-15/h1-2,5-6,8,11-12,15,22-24H,3-4H2,(H,17,18,19)/t8-,11-,12+,15-/m1/s1. The molecular formula is C15H16ClN5O5. The molecule has 1 aliphatic rings. The highest BCUT2D eigenvalue weighted by atomic mass is 35.5. The summed E-state index contributed by atoms with van der Waals surface area (Å²) >= 11 is 5.75. The molecule has 0 radical (unpaired) electrons. The minimum atomic E-state index is -1.22. The average Bonchev–Trinajstić information content (AvgIpc) is 3.32. The third-order valence-electron chi connectivity index (χ3n) is 4.21. The molecule has 0 spiro atoms. The highest BCUT2D eigenvalue weighted by Crippen LogP contribution is 2.32. The smallest absolute Gasteiger partial charge is 0.193 e. The lowest BCUT2D eigenvalue weighted by Crippen LogP contribution is -2.33. The van der Waals surface area contributed by atoms with Crippen molar-refractivity contribution in [2.75, 3.05) is 11.9 Å². The predicted molar refractivity (Wildman–Crippen MR) is 89.4 cm³/mol. The lowest BCUT2D eigenvalue weighted by Gasteiger charge is -2.16. The summed E-state index contributed by atoms with van der Waals surface area (Å²) in [6.07, 6.45) is -1.44. The van der Waals surface area contributed by atoms with Crippen LogP contribution >= 0.6 is 11.6 Å². The normalized spacial score (nSPS) is 25.8. The van der Waals surface area contributed by atoms with Gasteiger partial charge in [0.05, 0.1) is 19.5 Å². The summed E-state index contributed by atoms with van der Waals surface area (Å²) < 4.78 is 12.3. The molecule has 3 aromatic heterocycles. The largest absolute Gasteiger partial charge is 0.448 e. The molecule has 11 heteroatoms. The van der Waals surface area contributed by atoms with Gasteiger partial charge in [0, 0.05) is 0 Å². The Labute approximate surface area is 152 Å². The molecule has 0 amide bonds. The van der Waals surface area contributed by atoms with E-state index in [-0.39, 0.29) is 0 Å². The maximum Gasteiger partial charge on any atom is 0.193 e. The number of hydrogen-bond acceptors (Lipinski definition) is 9. The van der Waals surface area contributed by atoms with E-state index in [1.165, 1.54) is 17.2 Å². The van der Waals surface area contributed by atoms with Gasteiger partial charge in [-0.05, 0) is 23.7 Å². The van der Waals surface area contributed by atoms with Gasteiger partial charge in [-0.25, -0.2) is 15.0 Å². The number of anilines is 1. The molecule has 10 nitrogen and oxygen atoms in total. The first-order valence-electron chi connectivity index (χ1n) is 7.86. The van der Waals surface area contributed by atoms with Crippen LogP contribution < -0.4 is 5.32 Å². The number of nitrogens with one attached hydrogen (secondary N) is 1. The van der Waals surface area contributed by atoms with E-state index >= 15 is 0 Å². The van der Waals surface area contributed by atoms with E-state index in [9.17, 15) is 15.3 Å². The van der Waals surface area contributed by atoms with Crippen LogP contribution in [-0.2, 0) is 11.3 Å². The van der Waals surface area contributed by atoms with Gasteiger partial charge >= 0.3 is 0 Å². The van der Waals surface area contributed by atoms with E-state index in [2.05, 4.69) is 20.3 Å². The Balaban J connectivity index is 1.61. The summed E-state index contributed by atoms with van der Waals surface area (Å²) in [5, 5.41) is 32.7. The first kappa shape index (κ1) is 17.2. The van der Waals surface area contributed by atoms with Crippen LogP contribution in [0.2, 0.25) is 5.22 Å². The highest BCUT2D eigenvalue weighted by Gasteiger charge is 2.44. The number of ether oxygens (including phenoxy) is 1. The van der Waals surface area contributed by atoms with Gasteiger partial charge in [-0.3, -0.25) is 4.57 Å². The molecule has 1 saturated heterocycles. The molecule has 3 aromatic rings. The molecule has 4 N–H and O–H groups in total. The Bertz CT molecular complexity index is 915. The van der Waals surface area contributed by atoms with Crippen molar-refractivity contribution in [2.45, 2.75) is 31.1 Å². The van der Waals surface area contributed by atoms with Crippen molar-refractivity contribution < 1.29 is 24.5 Å². The summed E-state index contributed by atoms with van der Waals surface area (Å²) in [5.41, 5.74) is 0.873. The number of aliphatic hydroxyl groups excluding tert-OH is 3. The fraction of sp³-hybridized carbons (Fsp3) is 0.400. The molecule has 0 bridgehead atoms. The number of halogens is 1. The minimum Gasteiger partial charge on any atom is -0.448 e. The maximum atomic E-state index is 10.2. The molecule has 138 valence electrons. The fourth-order valence-corrected chi connectivity index (χ4v) is 3.06. The van der Waals surface area contributed by atoms with Crippen LogP contribution in [0.15, 0.2) is 29.2 Å². The zero-order valence-electron chi connectivity index (χ0n) is 13.4. The number of furan rings is 1. The monoisotopic (exact) mass is 381 g/mol. The van der Waals surface area contributed by atoms with Crippen LogP contribution in [0, 0.1) is 0 Å². The van der Waals surface area contributed by atoms with Crippen LogP contribution in [-0.4, -0.2) is 59.8 Å². The topological polar surface area (TPSA) is 139 Å². The summed E-state index contributed by atoms with van der Waals surface area (Å²) in [4.78, 5) is 12.6. The van der Waals surface area contributed by atoms with Crippen LogP contribution in [0.3, 0.4) is 0 Å². The third kappa shape index (κ3) is 2.91. The second-order valence-electron chi connectivity index (χ2n) is 5.83. The van der Waals surface area contributed by atoms with Gasteiger partial charge in [-0.2, -0.15) is 0 Å². The zero-order chi connectivity index (χ0) is 18.3. The van der Waals surface area contributed by atoms with Crippen LogP contribution in [0.5, 0.6) is 0 Å². The molecule has 4 atom stereocenters. The molecular weight excluding hydrogens is 366 g/mol. The summed E-state index contributed by atoms with van der Waals surface area (Å²) in [6, 6.07) is 3.38. The van der Waals surface area contributed by atoms with Crippen LogP contribution in [0.25, 0.3) is 11.2 Å². The maximum absolute atomic E-state index is 10.2. The lowest BCUT2D eigenvalue weighted by molar-refractivity contribution is -0.0511. The molecule has 0 unspecified atom stereocenters. The van der Waals surface area contributed by atoms with Crippen LogP contribution in [0.1, 0.15) is 12.0 Å². The molecule has 0 saturated carbocycles. The summed E-state index contributed by atoms with van der Waals surface area (Å²) in [5.74, 6) is 1.10. The van der Waals surface area contributed by atoms with Crippen molar-refractivity contribution in [1.82, 2.24) is 19.5 Å². The van der Waals surface area contributed by atoms with Crippen molar-refractivity contribution >= 4 is 28.6 Å². The number of imidazole rings is 1. The van der Waals surface area contributed by atoms with E-state index in [0.29, 0.717) is 34.5 Å². The third-order valence-corrected chi connectivity index (χ3v) is 4.41. The number of fused-ring (bicyclic) bond motifs is 1. The Morgan fingerprint density at radius 3 is 2.73 bits per heavy atom. The van der Waals surface area contributed by atoms with Gasteiger partial charge < -0.3 is 29.8 Å². The van der Waals surface area contributed by atoms with Gasteiger partial charge in [-0.1, -0.05) is 0 Å². The zero-order valence-corrected chi connectivity index (χ0v) is 14.1. The quantitative estimate of drug-likeness (QED) is 0.491. The van der Waals surface area contributed by atoms with Gasteiger partial charge in [0.25, 0.3) is 0 Å². The Morgan fingerprint density at radius 1 is 1.19 bits per heavy atom. The van der Waals surface area contributed by atoms with Crippen molar-refractivity contribution in [3.8, 4) is 0 Å². The molecule has 1 aliphatic heterocycles. The number of rotatable bonds is 5. The van der Waals surface area contributed by atoms with Crippen LogP contribution in [0.4, 0.5) is 5.82 Å². The summed E-state index contributed by atoms with van der Waals surface area (Å²) in [7, 11) is 0. The second-order valence-corrected chi connectivity index (χ2v) is 6.21. The molecule has 0 aromatic carbocycles. The Hall–Kier alpha value is -2.24. The number of hydrogen-bond donors (Lipinski definition) is 4. The SMILES string of the molecule is OC[C@H]1O[C@@H](n2cnc3c(NCc4ccc(Cl)o4)ncnc32)[C@@H](O)[C@@H]1O. The molecule has 26 heavy (non-hydrogen) atoms. The lowest BCUT2D eigenvalue weighted by atomic mass is 10.1. The van der Waals surface area contributed by atoms with Crippen molar-refractivity contribution in [3.63, 3.8) is 0 Å². The van der Waals surface area contributed by atoms with Gasteiger partial charge in [0.15, 0.2) is 28.4 Å². The highest BCUT2D eigenvalue weighted by molar-refractivity contribution is 6.28. The second kappa shape index (κ2) is 6.82. The minimum absolute atomic E-state index is 0.295. The number of nitrogens with zero attached hydrogens (tertiary/aromatic N) is 4. The Kier molecular flexibility index (Phi) is 4.51. The van der Waals surface area contributed by atoms with Crippen molar-refractivity contribution in [1.29, 1.82) is 0 Å². The van der Waals surface area contributed by atoms with E-state index < -0.39 is 31.1 Å². The van der Waals surface area contributed by atoms with Crippen molar-refractivity contribution in [3.05, 3.63) is 35.8 Å². The molecule has 4 heterocycles. The van der Waals surface area contributed by atoms with E-state index in [4.69, 9.17) is 20.8 Å². The van der Waals surface area contributed by atoms with Gasteiger partial charge in [0.2, 0.25) is 0 Å². The predicted octanol–water partition coefficient (Wildman–Crippen LogP) is 0.296. The molecule has 0 aliphatic carbocycles.